The summed E-state index contributed by atoms with van der Waals surface area (Å²) in [6.45, 7) is 6.74. The van der Waals surface area contributed by atoms with Crippen LogP contribution in [0.1, 0.15) is 18.2 Å². The number of hydrogen-bond acceptors (Lipinski definition) is 4. The zero-order valence-corrected chi connectivity index (χ0v) is 13.7. The molecule has 0 aliphatic rings. The maximum Gasteiger partial charge on any atom is 0.105 e. The van der Waals surface area contributed by atoms with Crippen LogP contribution in [0.25, 0.3) is 5.69 Å². The zero-order valence-electron chi connectivity index (χ0n) is 12.9. The van der Waals surface area contributed by atoms with Crippen LogP contribution in [0.15, 0.2) is 35.4 Å². The van der Waals surface area contributed by atoms with Gasteiger partial charge in [0.2, 0.25) is 0 Å². The molecule has 0 atom stereocenters. The fourth-order valence-corrected chi connectivity index (χ4v) is 3.21. The van der Waals surface area contributed by atoms with E-state index in [1.165, 1.54) is 10.6 Å². The van der Waals surface area contributed by atoms with Crippen LogP contribution in [0.3, 0.4) is 0 Å². The third-order valence-electron chi connectivity index (χ3n) is 3.22. The maximum atomic E-state index is 5.17. The molecule has 1 aromatic heterocycles. The van der Waals surface area contributed by atoms with Gasteiger partial charge in [-0.25, -0.2) is 4.68 Å². The first-order valence-electron chi connectivity index (χ1n) is 7.24. The van der Waals surface area contributed by atoms with E-state index in [1.54, 1.807) is 18.9 Å². The Morgan fingerprint density at radius 1 is 1.29 bits per heavy atom. The lowest BCUT2D eigenvalue weighted by molar-refractivity contribution is 0.218. The summed E-state index contributed by atoms with van der Waals surface area (Å²) in [7, 11) is 1.74. The van der Waals surface area contributed by atoms with E-state index < -0.39 is 0 Å². The smallest absolute Gasteiger partial charge is 0.105 e. The Morgan fingerprint density at radius 2 is 2.05 bits per heavy atom. The molecule has 21 heavy (non-hydrogen) atoms. The predicted molar refractivity (Wildman–Crippen MR) is 88.3 cm³/mol. The Balaban J connectivity index is 2.34. The van der Waals surface area contributed by atoms with Crippen LogP contribution in [0.4, 0.5) is 0 Å². The first-order valence-corrected chi connectivity index (χ1v) is 8.22. The van der Waals surface area contributed by atoms with Crippen molar-refractivity contribution < 1.29 is 4.74 Å². The molecule has 5 heteroatoms. The van der Waals surface area contributed by atoms with Gasteiger partial charge >= 0.3 is 0 Å². The Kier molecular flexibility index (Phi) is 6.29. The van der Waals surface area contributed by atoms with Crippen LogP contribution >= 0.6 is 11.8 Å². The molecule has 2 aromatic rings. The molecule has 4 nitrogen and oxygen atoms in total. The lowest BCUT2D eigenvalue weighted by atomic mass is 10.2. The van der Waals surface area contributed by atoms with E-state index >= 15 is 0 Å². The van der Waals surface area contributed by atoms with Gasteiger partial charge in [0.25, 0.3) is 0 Å². The number of aromatic nitrogens is 2. The fourth-order valence-electron chi connectivity index (χ4n) is 2.11. The molecule has 114 valence electrons. The van der Waals surface area contributed by atoms with Crippen LogP contribution in [0.2, 0.25) is 0 Å². The first kappa shape index (κ1) is 16.1. The molecule has 0 aliphatic heterocycles. The van der Waals surface area contributed by atoms with E-state index in [9.17, 15) is 0 Å². The number of nitrogens with zero attached hydrogens (tertiary/aromatic N) is 2. The number of thioether (sulfide) groups is 1. The molecule has 0 bridgehead atoms. The molecule has 0 amide bonds. The molecule has 0 fully saturated rings. The van der Waals surface area contributed by atoms with Gasteiger partial charge in [0, 0.05) is 25.0 Å². The van der Waals surface area contributed by atoms with Crippen LogP contribution in [-0.2, 0) is 11.3 Å². The van der Waals surface area contributed by atoms with Crippen molar-refractivity contribution in [3.8, 4) is 5.69 Å². The number of nitrogens with one attached hydrogen (secondary N) is 1. The van der Waals surface area contributed by atoms with E-state index in [4.69, 9.17) is 9.84 Å². The lowest BCUT2D eigenvalue weighted by Crippen LogP contribution is -2.13. The van der Waals surface area contributed by atoms with Gasteiger partial charge in [-0.2, -0.15) is 5.10 Å². The molecule has 0 saturated heterocycles. The highest BCUT2D eigenvalue weighted by Gasteiger charge is 2.16. The zero-order chi connectivity index (χ0) is 15.1. The largest absolute Gasteiger partial charge is 0.384 e. The molecule has 0 saturated carbocycles. The molecule has 0 spiro atoms. The second-order valence-electron chi connectivity index (χ2n) is 4.74. The third-order valence-corrected chi connectivity index (χ3v) is 4.28. The standard InChI is InChI=1S/C16H23N3OS/c1-4-17-12-15-13(2)18-19(14-8-6-5-7-9-14)16(15)21-11-10-20-3/h5-9,17H,4,10-12H2,1-3H3. The topological polar surface area (TPSA) is 39.1 Å². The summed E-state index contributed by atoms with van der Waals surface area (Å²) < 4.78 is 7.21. The van der Waals surface area contributed by atoms with Crippen LogP contribution < -0.4 is 5.32 Å². The van der Waals surface area contributed by atoms with E-state index in [0.29, 0.717) is 0 Å². The summed E-state index contributed by atoms with van der Waals surface area (Å²) in [4.78, 5) is 0. The molecular formula is C16H23N3OS. The van der Waals surface area contributed by atoms with Gasteiger partial charge in [0.15, 0.2) is 0 Å². The number of para-hydroxylation sites is 1. The van der Waals surface area contributed by atoms with E-state index in [-0.39, 0.29) is 0 Å². The highest BCUT2D eigenvalue weighted by atomic mass is 32.2. The molecular weight excluding hydrogens is 282 g/mol. The average molecular weight is 305 g/mol. The SMILES string of the molecule is CCNCc1c(C)nn(-c2ccccc2)c1SCCOC. The summed E-state index contributed by atoms with van der Waals surface area (Å²) in [6.07, 6.45) is 0. The quantitative estimate of drug-likeness (QED) is 0.601. The van der Waals surface area contributed by atoms with E-state index in [1.807, 2.05) is 22.9 Å². The summed E-state index contributed by atoms with van der Waals surface area (Å²) in [5.41, 5.74) is 3.46. The second-order valence-corrected chi connectivity index (χ2v) is 5.82. The number of hydrogen-bond donors (Lipinski definition) is 1. The van der Waals surface area contributed by atoms with Gasteiger partial charge < -0.3 is 10.1 Å². The summed E-state index contributed by atoms with van der Waals surface area (Å²) in [5.74, 6) is 0.924. The highest BCUT2D eigenvalue weighted by molar-refractivity contribution is 7.99. The van der Waals surface area contributed by atoms with Crippen molar-refractivity contribution in [1.29, 1.82) is 0 Å². The van der Waals surface area contributed by atoms with Crippen LogP contribution in [0, 0.1) is 6.92 Å². The van der Waals surface area contributed by atoms with Gasteiger partial charge in [0.1, 0.15) is 5.03 Å². The van der Waals surface area contributed by atoms with Crippen LogP contribution in [0.5, 0.6) is 0 Å². The lowest BCUT2D eigenvalue weighted by Gasteiger charge is -2.09. The number of rotatable bonds is 8. The Bertz CT molecular complexity index is 554. The van der Waals surface area contributed by atoms with Gasteiger partial charge in [0.05, 0.1) is 18.0 Å². The fraction of sp³-hybridized carbons (Fsp3) is 0.438. The number of methoxy groups -OCH3 is 1. The van der Waals surface area contributed by atoms with Gasteiger partial charge in [-0.3, -0.25) is 0 Å². The molecule has 1 aromatic carbocycles. The van der Waals surface area contributed by atoms with Crippen LogP contribution in [-0.4, -0.2) is 35.8 Å². The first-order chi connectivity index (χ1) is 10.3. The summed E-state index contributed by atoms with van der Waals surface area (Å²) in [6, 6.07) is 10.3. The number of benzene rings is 1. The minimum atomic E-state index is 0.740. The second kappa shape index (κ2) is 8.22. The summed E-state index contributed by atoms with van der Waals surface area (Å²) >= 11 is 1.80. The minimum Gasteiger partial charge on any atom is -0.384 e. The highest BCUT2D eigenvalue weighted by Crippen LogP contribution is 2.28. The molecule has 0 aliphatic carbocycles. The minimum absolute atomic E-state index is 0.740. The Labute approximate surface area is 130 Å². The van der Waals surface area contributed by atoms with Crippen molar-refractivity contribution in [2.24, 2.45) is 0 Å². The van der Waals surface area contributed by atoms with Crippen molar-refractivity contribution in [1.82, 2.24) is 15.1 Å². The van der Waals surface area contributed by atoms with Gasteiger partial charge in [-0.15, -0.1) is 11.8 Å². The molecule has 0 radical (unpaired) electrons. The number of ether oxygens (including phenoxy) is 1. The van der Waals surface area contributed by atoms with Gasteiger partial charge in [-0.1, -0.05) is 25.1 Å². The predicted octanol–water partition coefficient (Wildman–Crippen LogP) is 3.03. The van der Waals surface area contributed by atoms with Crippen molar-refractivity contribution >= 4 is 11.8 Å². The molecule has 1 N–H and O–H groups in total. The van der Waals surface area contributed by atoms with Gasteiger partial charge in [-0.05, 0) is 25.6 Å². The van der Waals surface area contributed by atoms with E-state index in [0.717, 1.165) is 36.8 Å². The Morgan fingerprint density at radius 3 is 2.71 bits per heavy atom. The molecule has 1 heterocycles. The normalized spacial score (nSPS) is 11.0. The van der Waals surface area contributed by atoms with Crippen molar-refractivity contribution in [2.75, 3.05) is 26.0 Å². The maximum absolute atomic E-state index is 5.17. The average Bonchev–Trinajstić information content (AvgIpc) is 2.83. The van der Waals surface area contributed by atoms with Crippen molar-refractivity contribution in [3.05, 3.63) is 41.6 Å². The third kappa shape index (κ3) is 4.09. The molecule has 2 rings (SSSR count). The molecule has 0 unspecified atom stereocenters. The van der Waals surface area contributed by atoms with E-state index in [2.05, 4.69) is 31.3 Å². The number of aryl methyl sites for hydroxylation is 1. The summed E-state index contributed by atoms with van der Waals surface area (Å²) in [5, 5.41) is 9.34. The Hall–Kier alpha value is -1.30. The van der Waals surface area contributed by atoms with Crippen molar-refractivity contribution in [2.45, 2.75) is 25.4 Å². The monoisotopic (exact) mass is 305 g/mol. The van der Waals surface area contributed by atoms with Crippen molar-refractivity contribution in [3.63, 3.8) is 0 Å².